The van der Waals surface area contributed by atoms with Gasteiger partial charge >= 0.3 is 0 Å². The Balaban J connectivity index is 1.55. The number of aromatic nitrogens is 3. The highest BCUT2D eigenvalue weighted by atomic mass is 16.5. The number of amides is 1. The number of benzene rings is 1. The predicted molar refractivity (Wildman–Crippen MR) is 153 cm³/mol. The van der Waals surface area contributed by atoms with Crippen LogP contribution in [0.3, 0.4) is 0 Å². The first-order valence-electron chi connectivity index (χ1n) is 13.1. The summed E-state index contributed by atoms with van der Waals surface area (Å²) >= 11 is 0. The van der Waals surface area contributed by atoms with E-state index in [1.807, 2.05) is 43.3 Å². The second-order valence-electron chi connectivity index (χ2n) is 10.5. The van der Waals surface area contributed by atoms with Crippen molar-refractivity contribution in [2.75, 3.05) is 0 Å². The van der Waals surface area contributed by atoms with Gasteiger partial charge in [0.1, 0.15) is 23.0 Å². The number of aliphatic hydroxyl groups is 1. The van der Waals surface area contributed by atoms with Crippen molar-refractivity contribution in [2.24, 2.45) is 0 Å². The van der Waals surface area contributed by atoms with E-state index in [4.69, 9.17) is 0 Å². The van der Waals surface area contributed by atoms with Crippen LogP contribution < -0.4 is 16.2 Å². The van der Waals surface area contributed by atoms with Gasteiger partial charge in [-0.1, -0.05) is 18.2 Å². The fourth-order valence-corrected chi connectivity index (χ4v) is 4.46. The number of hydrogen-bond donors (Lipinski definition) is 4. The van der Waals surface area contributed by atoms with Gasteiger partial charge in [0.15, 0.2) is 0 Å². The van der Waals surface area contributed by atoms with E-state index >= 15 is 0 Å². The number of fused-ring (bicyclic) bond motifs is 1. The molecule has 1 fully saturated rings. The maximum Gasteiger partial charge on any atom is 0.257 e. The Morgan fingerprint density at radius 3 is 2.60 bits per heavy atom. The minimum Gasteiger partial charge on any atom is -0.384 e. The molecule has 0 saturated heterocycles. The lowest BCUT2D eigenvalue weighted by atomic mass is 9.99. The van der Waals surface area contributed by atoms with Crippen molar-refractivity contribution in [1.29, 1.82) is 0 Å². The first kappa shape index (κ1) is 27.1. The standard InChI is InChI=1S/C31H31N5O4/c1-19(21-9-12-27(33-16-21)31(2,3)39)14-22(17-34-40)20-6-4-7-24(15-20)36-18-26(30(38)35-23-10-11-23)28(37)25-8-5-13-32-29(25)36/h4-9,12-18,23,34,39-40H,10-11H2,1-3H3,(H,35,38)/p+1/b19-14+,22-17+. The highest BCUT2D eigenvalue weighted by Gasteiger charge is 2.26. The van der Waals surface area contributed by atoms with Crippen molar-refractivity contribution in [1.82, 2.24) is 19.9 Å². The molecule has 40 heavy (non-hydrogen) atoms. The Kier molecular flexibility index (Phi) is 7.44. The van der Waals surface area contributed by atoms with Gasteiger partial charge in [-0.25, -0.2) is 10.2 Å². The normalized spacial score (nSPS) is 14.4. The number of hydroxylamine groups is 1. The van der Waals surface area contributed by atoms with Crippen LogP contribution in [-0.4, -0.2) is 36.8 Å². The van der Waals surface area contributed by atoms with Crippen molar-refractivity contribution in [3.05, 3.63) is 112 Å². The lowest BCUT2D eigenvalue weighted by molar-refractivity contribution is -0.837. The summed E-state index contributed by atoms with van der Waals surface area (Å²) in [6.45, 7) is 5.32. The maximum atomic E-state index is 13.2. The molecular weight excluding hydrogens is 506 g/mol. The summed E-state index contributed by atoms with van der Waals surface area (Å²) in [7, 11) is 0. The van der Waals surface area contributed by atoms with E-state index in [-0.39, 0.29) is 22.9 Å². The van der Waals surface area contributed by atoms with E-state index in [1.165, 1.54) is 0 Å². The molecule has 204 valence electrons. The highest BCUT2D eigenvalue weighted by Crippen LogP contribution is 2.26. The van der Waals surface area contributed by atoms with Crippen molar-refractivity contribution >= 4 is 28.1 Å². The third-order valence-electron chi connectivity index (χ3n) is 6.85. The van der Waals surface area contributed by atoms with Crippen LogP contribution in [0.2, 0.25) is 0 Å². The monoisotopic (exact) mass is 538 g/mol. The van der Waals surface area contributed by atoms with Gasteiger partial charge < -0.3 is 15.0 Å². The Morgan fingerprint density at radius 1 is 1.12 bits per heavy atom. The number of allylic oxidation sites excluding steroid dienone is 3. The lowest BCUT2D eigenvalue weighted by Gasteiger charge is -2.16. The molecule has 1 amide bonds. The molecule has 1 aliphatic carbocycles. The number of rotatable bonds is 8. The summed E-state index contributed by atoms with van der Waals surface area (Å²) in [5, 5.41) is 23.1. The molecule has 5 N–H and O–H groups in total. The van der Waals surface area contributed by atoms with Crippen molar-refractivity contribution < 1.29 is 20.6 Å². The van der Waals surface area contributed by atoms with Crippen LogP contribution in [0.25, 0.3) is 27.9 Å². The number of carbonyl (C=O) groups is 1. The van der Waals surface area contributed by atoms with Crippen LogP contribution in [-0.2, 0) is 5.60 Å². The largest absolute Gasteiger partial charge is 0.384 e. The zero-order chi connectivity index (χ0) is 28.4. The second-order valence-corrected chi connectivity index (χ2v) is 10.5. The molecule has 3 heterocycles. The van der Waals surface area contributed by atoms with Gasteiger partial charge in [-0.3, -0.25) is 14.6 Å². The van der Waals surface area contributed by atoms with E-state index in [0.717, 1.165) is 40.6 Å². The van der Waals surface area contributed by atoms with Crippen molar-refractivity contribution in [3.63, 3.8) is 0 Å². The Labute approximate surface area is 231 Å². The Morgan fingerprint density at radius 2 is 1.93 bits per heavy atom. The smallest absolute Gasteiger partial charge is 0.257 e. The topological polar surface area (TPSA) is 134 Å². The quantitative estimate of drug-likeness (QED) is 0.201. The Hall–Kier alpha value is -4.44. The lowest BCUT2D eigenvalue weighted by Crippen LogP contribution is -2.73. The number of nitrogens with zero attached hydrogens (tertiary/aromatic N) is 3. The molecule has 0 spiro atoms. The molecule has 5 rings (SSSR count). The first-order chi connectivity index (χ1) is 19.2. The summed E-state index contributed by atoms with van der Waals surface area (Å²) in [5.41, 5.74) is 4.69. The molecule has 4 aromatic rings. The molecule has 1 aromatic carbocycles. The molecular formula is C31H32N5O4+. The molecule has 9 heteroatoms. The Bertz CT molecular complexity index is 1690. The number of carbonyl (C=O) groups excluding carboxylic acids is 1. The molecule has 0 atom stereocenters. The summed E-state index contributed by atoms with van der Waals surface area (Å²) in [4.78, 5) is 34.9. The van der Waals surface area contributed by atoms with Crippen LogP contribution in [0.1, 0.15) is 60.8 Å². The SMILES string of the molecule is C/C(=C\C(=C/[NH2+]O)c1cccc(-n2cc(C(=O)NC3CC3)c(=O)c3cccnc32)c1)c1ccc(C(C)(C)O)nc1. The van der Waals surface area contributed by atoms with E-state index in [9.17, 15) is 19.9 Å². The second kappa shape index (κ2) is 11.0. The van der Waals surface area contributed by atoms with Crippen LogP contribution in [0.15, 0.2) is 84.2 Å². The van der Waals surface area contributed by atoms with Crippen LogP contribution >= 0.6 is 0 Å². The molecule has 0 unspecified atom stereocenters. The summed E-state index contributed by atoms with van der Waals surface area (Å²) in [6.07, 6.45) is 10.2. The summed E-state index contributed by atoms with van der Waals surface area (Å²) in [5.74, 6) is -0.388. The third-order valence-corrected chi connectivity index (χ3v) is 6.85. The highest BCUT2D eigenvalue weighted by molar-refractivity contribution is 5.97. The summed E-state index contributed by atoms with van der Waals surface area (Å²) in [6, 6.07) is 14.7. The van der Waals surface area contributed by atoms with Crippen molar-refractivity contribution in [3.8, 4) is 5.69 Å². The van der Waals surface area contributed by atoms with Gasteiger partial charge in [-0.15, -0.1) is 0 Å². The van der Waals surface area contributed by atoms with E-state index in [2.05, 4.69) is 15.3 Å². The zero-order valence-corrected chi connectivity index (χ0v) is 22.6. The predicted octanol–water partition coefficient (Wildman–Crippen LogP) is 3.30. The van der Waals surface area contributed by atoms with E-state index in [1.54, 1.807) is 61.4 Å². The fraction of sp³-hybridized carbons (Fsp3) is 0.226. The summed E-state index contributed by atoms with van der Waals surface area (Å²) < 4.78 is 1.75. The molecule has 9 nitrogen and oxygen atoms in total. The number of nitrogens with two attached hydrogens (primary N) is 1. The number of pyridine rings is 3. The minimum atomic E-state index is -1.03. The van der Waals surface area contributed by atoms with Gasteiger partial charge in [0.2, 0.25) is 5.43 Å². The van der Waals surface area contributed by atoms with Gasteiger partial charge in [0.25, 0.3) is 5.91 Å². The number of hydrogen-bond acceptors (Lipinski definition) is 6. The van der Waals surface area contributed by atoms with Gasteiger partial charge in [0, 0.05) is 35.9 Å². The maximum absolute atomic E-state index is 13.2. The number of quaternary nitrogens is 1. The third kappa shape index (κ3) is 5.76. The van der Waals surface area contributed by atoms with Gasteiger partial charge in [0.05, 0.1) is 11.1 Å². The van der Waals surface area contributed by atoms with Crippen LogP contribution in [0.4, 0.5) is 0 Å². The molecule has 3 aromatic heterocycles. The first-order valence-corrected chi connectivity index (χ1v) is 13.1. The zero-order valence-electron chi connectivity index (χ0n) is 22.6. The molecule has 1 saturated carbocycles. The van der Waals surface area contributed by atoms with E-state index in [0.29, 0.717) is 22.4 Å². The molecule has 1 aliphatic rings. The molecule has 0 aliphatic heterocycles. The number of nitrogens with one attached hydrogen (secondary N) is 1. The van der Waals surface area contributed by atoms with E-state index < -0.39 is 5.60 Å². The minimum absolute atomic E-state index is 0.0648. The van der Waals surface area contributed by atoms with Crippen LogP contribution in [0, 0.1) is 0 Å². The average Bonchev–Trinajstić information content (AvgIpc) is 3.76. The van der Waals surface area contributed by atoms with Gasteiger partial charge in [-0.05, 0) is 86.7 Å². The van der Waals surface area contributed by atoms with Crippen LogP contribution in [0.5, 0.6) is 0 Å². The fourth-order valence-electron chi connectivity index (χ4n) is 4.46. The molecule has 0 radical (unpaired) electrons. The molecule has 0 bridgehead atoms. The average molecular weight is 539 g/mol. The van der Waals surface area contributed by atoms with Crippen molar-refractivity contribution in [2.45, 2.75) is 45.3 Å². The van der Waals surface area contributed by atoms with Gasteiger partial charge in [-0.2, -0.15) is 5.48 Å².